The Kier molecular flexibility index (Phi) is 11.8. The van der Waals surface area contributed by atoms with Crippen LogP contribution in [0.2, 0.25) is 0 Å². The summed E-state index contributed by atoms with van der Waals surface area (Å²) >= 11 is 36.2. The van der Waals surface area contributed by atoms with Gasteiger partial charge in [-0.15, -0.1) is 0 Å². The van der Waals surface area contributed by atoms with Crippen molar-refractivity contribution >= 4 is 104 Å². The zero-order chi connectivity index (χ0) is 32.7. The smallest absolute Gasteiger partial charge is 0.322 e. The van der Waals surface area contributed by atoms with Crippen LogP contribution < -0.4 is 30.7 Å². The molecule has 2 atom stereocenters. The van der Waals surface area contributed by atoms with Crippen molar-refractivity contribution in [2.24, 2.45) is 0 Å². The molecule has 0 aromatic heterocycles. The number of amides is 4. The van der Waals surface area contributed by atoms with E-state index >= 15 is 0 Å². The summed E-state index contributed by atoms with van der Waals surface area (Å²) in [5.74, 6) is -0.306. The van der Waals surface area contributed by atoms with E-state index in [1.807, 2.05) is 0 Å². The Balaban J connectivity index is 1.76. The number of hydrogen-bond donors (Lipinski definition) is 4. The summed E-state index contributed by atoms with van der Waals surface area (Å²) in [6.45, 7) is 0. The van der Waals surface area contributed by atoms with Crippen LogP contribution in [0.25, 0.3) is 0 Å². The molecular weight excluding hydrogens is 713 g/mol. The van der Waals surface area contributed by atoms with E-state index in [9.17, 15) is 29.8 Å². The molecule has 3 aromatic rings. The Morgan fingerprint density at radius 1 is 0.636 bits per heavy atom. The Bertz CT molecular complexity index is 1420. The maximum absolute atomic E-state index is 12.6. The monoisotopic (exact) mass is 728 g/mol. The highest BCUT2D eigenvalue weighted by molar-refractivity contribution is 6.68. The SMILES string of the molecule is O=C(Nc1cccc([N+](=O)[O-])c1)N[C@H](Oc1ccccc1O[C@@H](NC(=O)Nc1cccc([N+](=O)[O-])c1)C(Cl)(Cl)Cl)C(Cl)(Cl)Cl. The van der Waals surface area contributed by atoms with Crippen molar-refractivity contribution in [3.05, 3.63) is 93.0 Å². The fraction of sp³-hybridized carbons (Fsp3) is 0.167. The van der Waals surface area contributed by atoms with Crippen molar-refractivity contribution in [1.29, 1.82) is 0 Å². The standard InChI is InChI=1S/C24H18Cl6N6O8/c25-23(26,27)19(33-21(37)31-13-5-3-7-15(11-13)35(39)40)43-17-9-1-2-10-18(17)44-20(24(28,29)30)34-22(38)32-14-6-4-8-16(12-14)36(41)42/h1-12,19-20H,(H2,31,33,37)(H2,32,34,38)/t19-,20-/m1/s1. The van der Waals surface area contributed by atoms with E-state index in [1.165, 1.54) is 60.7 Å². The Hall–Kier alpha value is -3.66. The van der Waals surface area contributed by atoms with Gasteiger partial charge in [-0.3, -0.25) is 30.9 Å². The van der Waals surface area contributed by atoms with E-state index in [0.29, 0.717) is 0 Å². The van der Waals surface area contributed by atoms with Gasteiger partial charge in [-0.1, -0.05) is 93.9 Å². The summed E-state index contributed by atoms with van der Waals surface area (Å²) in [6, 6.07) is 13.9. The van der Waals surface area contributed by atoms with Crippen molar-refractivity contribution in [3.63, 3.8) is 0 Å². The minimum absolute atomic E-state index is 0.0588. The second-order valence-electron chi connectivity index (χ2n) is 8.34. The molecule has 44 heavy (non-hydrogen) atoms. The lowest BCUT2D eigenvalue weighted by Crippen LogP contribution is -2.50. The number of nitrogens with zero attached hydrogens (tertiary/aromatic N) is 2. The average Bonchev–Trinajstić information content (AvgIpc) is 2.92. The third kappa shape index (κ3) is 10.5. The number of rotatable bonds is 10. The predicted octanol–water partition coefficient (Wildman–Crippen LogP) is 7.30. The molecule has 0 aliphatic heterocycles. The molecule has 4 amide bonds. The third-order valence-corrected chi connectivity index (χ3v) is 6.28. The van der Waals surface area contributed by atoms with Crippen LogP contribution >= 0.6 is 69.6 Å². The first-order chi connectivity index (χ1) is 20.5. The van der Waals surface area contributed by atoms with Gasteiger partial charge in [0.1, 0.15) is 0 Å². The largest absolute Gasteiger partial charge is 0.462 e. The summed E-state index contributed by atoms with van der Waals surface area (Å²) in [7, 11) is 0. The molecule has 0 saturated heterocycles. The van der Waals surface area contributed by atoms with E-state index in [1.54, 1.807) is 0 Å². The molecular formula is C24H18Cl6N6O8. The summed E-state index contributed by atoms with van der Waals surface area (Å²) in [5.41, 5.74) is -0.440. The number of nitrogens with one attached hydrogen (secondary N) is 4. The molecule has 20 heteroatoms. The number of halogens is 6. The first-order valence-corrected chi connectivity index (χ1v) is 14.0. The highest BCUT2D eigenvalue weighted by Gasteiger charge is 2.39. The molecule has 14 nitrogen and oxygen atoms in total. The van der Waals surface area contributed by atoms with E-state index in [-0.39, 0.29) is 34.2 Å². The maximum Gasteiger partial charge on any atom is 0.322 e. The summed E-state index contributed by atoms with van der Waals surface area (Å²) < 4.78 is 6.86. The highest BCUT2D eigenvalue weighted by atomic mass is 35.6. The number of anilines is 2. The maximum atomic E-state index is 12.6. The number of para-hydroxylation sites is 2. The minimum atomic E-state index is -2.28. The van der Waals surface area contributed by atoms with Gasteiger partial charge in [-0.05, 0) is 24.3 Å². The van der Waals surface area contributed by atoms with Crippen molar-refractivity contribution in [1.82, 2.24) is 10.6 Å². The second-order valence-corrected chi connectivity index (χ2v) is 13.1. The predicted molar refractivity (Wildman–Crippen MR) is 166 cm³/mol. The van der Waals surface area contributed by atoms with Crippen molar-refractivity contribution < 1.29 is 28.9 Å². The molecule has 4 N–H and O–H groups in total. The van der Waals surface area contributed by atoms with E-state index in [4.69, 9.17) is 79.1 Å². The molecule has 0 heterocycles. The van der Waals surface area contributed by atoms with Gasteiger partial charge in [-0.2, -0.15) is 0 Å². The number of alkyl halides is 6. The first kappa shape index (κ1) is 34.8. The quantitative estimate of drug-likeness (QED) is 0.0724. The number of benzene rings is 3. The van der Waals surface area contributed by atoms with Crippen LogP contribution in [0.3, 0.4) is 0 Å². The molecule has 234 valence electrons. The van der Waals surface area contributed by atoms with Crippen LogP contribution in [0.1, 0.15) is 0 Å². The summed E-state index contributed by atoms with van der Waals surface area (Å²) in [4.78, 5) is 46.0. The highest BCUT2D eigenvalue weighted by Crippen LogP contribution is 2.38. The lowest BCUT2D eigenvalue weighted by Gasteiger charge is -2.29. The van der Waals surface area contributed by atoms with E-state index < -0.39 is 41.9 Å². The van der Waals surface area contributed by atoms with Crippen LogP contribution in [0.15, 0.2) is 72.8 Å². The van der Waals surface area contributed by atoms with Crippen molar-refractivity contribution in [2.75, 3.05) is 10.6 Å². The average molecular weight is 731 g/mol. The normalized spacial score (nSPS) is 12.7. The molecule has 0 aliphatic rings. The van der Waals surface area contributed by atoms with Crippen LogP contribution in [-0.4, -0.2) is 41.9 Å². The number of nitro benzene ring substituents is 2. The van der Waals surface area contributed by atoms with Gasteiger partial charge in [-0.25, -0.2) is 9.59 Å². The van der Waals surface area contributed by atoms with E-state index in [0.717, 1.165) is 12.1 Å². The fourth-order valence-corrected chi connectivity index (χ4v) is 3.82. The number of urea groups is 2. The Labute approximate surface area is 278 Å². The third-order valence-electron chi connectivity index (χ3n) is 5.09. The first-order valence-electron chi connectivity index (χ1n) is 11.7. The Morgan fingerprint density at radius 3 is 1.32 bits per heavy atom. The van der Waals surface area contributed by atoms with Crippen LogP contribution in [-0.2, 0) is 0 Å². The number of carbonyl (C=O) groups excluding carboxylic acids is 2. The number of hydrogen-bond acceptors (Lipinski definition) is 8. The summed E-state index contributed by atoms with van der Waals surface area (Å²) in [5, 5.41) is 31.3. The molecule has 0 bridgehead atoms. The fourth-order valence-electron chi connectivity index (χ4n) is 3.22. The van der Waals surface area contributed by atoms with Gasteiger partial charge in [0.15, 0.2) is 11.5 Å². The van der Waals surface area contributed by atoms with Crippen LogP contribution in [0, 0.1) is 20.2 Å². The van der Waals surface area contributed by atoms with Crippen LogP contribution in [0.5, 0.6) is 11.5 Å². The van der Waals surface area contributed by atoms with Gasteiger partial charge >= 0.3 is 12.1 Å². The summed E-state index contributed by atoms with van der Waals surface area (Å²) in [6.07, 6.45) is -3.38. The van der Waals surface area contributed by atoms with Crippen molar-refractivity contribution in [2.45, 2.75) is 20.0 Å². The van der Waals surface area contributed by atoms with Crippen LogP contribution in [0.4, 0.5) is 32.3 Å². The zero-order valence-electron chi connectivity index (χ0n) is 21.5. The molecule has 0 aliphatic carbocycles. The number of carbonyl (C=O) groups is 2. The van der Waals surface area contributed by atoms with E-state index in [2.05, 4.69) is 21.3 Å². The molecule has 3 rings (SSSR count). The van der Waals surface area contributed by atoms with Gasteiger partial charge in [0, 0.05) is 35.6 Å². The minimum Gasteiger partial charge on any atom is -0.462 e. The van der Waals surface area contributed by atoms with Crippen molar-refractivity contribution in [3.8, 4) is 11.5 Å². The molecule has 0 spiro atoms. The van der Waals surface area contributed by atoms with Gasteiger partial charge in [0.25, 0.3) is 11.4 Å². The number of non-ortho nitro benzene ring substituents is 2. The lowest BCUT2D eigenvalue weighted by molar-refractivity contribution is -0.385. The molecule has 0 saturated carbocycles. The zero-order valence-corrected chi connectivity index (χ0v) is 26.0. The van der Waals surface area contributed by atoms with Gasteiger partial charge < -0.3 is 20.1 Å². The number of nitro groups is 2. The van der Waals surface area contributed by atoms with Gasteiger partial charge in [0.05, 0.1) is 9.85 Å². The topological polar surface area (TPSA) is 187 Å². The lowest BCUT2D eigenvalue weighted by atomic mass is 10.3. The number of ether oxygens (including phenoxy) is 2. The molecule has 3 aromatic carbocycles. The molecule has 0 fully saturated rings. The molecule has 0 radical (unpaired) electrons. The second kappa shape index (κ2) is 14.9. The van der Waals surface area contributed by atoms with Gasteiger partial charge in [0.2, 0.25) is 20.0 Å². The molecule has 0 unspecified atom stereocenters. The Morgan fingerprint density at radius 2 is 1.00 bits per heavy atom.